The van der Waals surface area contributed by atoms with Gasteiger partial charge in [0.2, 0.25) is 11.7 Å². The number of carbonyl (C=O) groups excluding carboxylic acids is 1. The van der Waals surface area contributed by atoms with E-state index in [0.29, 0.717) is 29.6 Å². The first-order chi connectivity index (χ1) is 17.5. The molecule has 0 aliphatic heterocycles. The van der Waals surface area contributed by atoms with Gasteiger partial charge in [-0.15, -0.1) is 0 Å². The molecule has 0 radical (unpaired) electrons. The number of methoxy groups -OCH3 is 3. The molecule has 0 unspecified atom stereocenters. The van der Waals surface area contributed by atoms with Crippen LogP contribution in [0.1, 0.15) is 5.56 Å². The Bertz CT molecular complexity index is 1480. The second kappa shape index (κ2) is 10.8. The maximum absolute atomic E-state index is 13.6. The highest BCUT2D eigenvalue weighted by Crippen LogP contribution is 2.38. The average molecular weight is 490 g/mol. The summed E-state index contributed by atoms with van der Waals surface area (Å²) < 4.78 is 18.4. The standard InChI is InChI=1S/C27H27N3O6/c1-34-22-15-19(16-23(35-2)25(22)36-3)30-26(32)20-11-7-8-12-21(20)29(27(30)33)17-24(31)28-14-13-18-9-5-4-6-10-18/h4-12,15-16H,13-14,17H2,1-3H3,(H,28,31). The molecule has 0 saturated heterocycles. The summed E-state index contributed by atoms with van der Waals surface area (Å²) in [4.78, 5) is 39.8. The van der Waals surface area contributed by atoms with E-state index in [9.17, 15) is 14.4 Å². The van der Waals surface area contributed by atoms with Crippen LogP contribution >= 0.6 is 0 Å². The van der Waals surface area contributed by atoms with Crippen LogP contribution in [0.5, 0.6) is 17.2 Å². The van der Waals surface area contributed by atoms with Crippen LogP contribution in [0.4, 0.5) is 0 Å². The minimum Gasteiger partial charge on any atom is -0.493 e. The topological polar surface area (TPSA) is 101 Å². The molecule has 1 N–H and O–H groups in total. The fourth-order valence-corrected chi connectivity index (χ4v) is 4.09. The monoisotopic (exact) mass is 489 g/mol. The van der Waals surface area contributed by atoms with Crippen LogP contribution in [0.2, 0.25) is 0 Å². The average Bonchev–Trinajstić information content (AvgIpc) is 2.91. The molecule has 0 saturated carbocycles. The quantitative estimate of drug-likeness (QED) is 0.388. The highest BCUT2D eigenvalue weighted by atomic mass is 16.5. The molecule has 0 bridgehead atoms. The molecule has 0 spiro atoms. The van der Waals surface area contributed by atoms with Gasteiger partial charge < -0.3 is 19.5 Å². The summed E-state index contributed by atoms with van der Waals surface area (Å²) >= 11 is 0. The number of carbonyl (C=O) groups is 1. The zero-order chi connectivity index (χ0) is 25.7. The van der Waals surface area contributed by atoms with Crippen molar-refractivity contribution in [2.75, 3.05) is 27.9 Å². The normalized spacial score (nSPS) is 10.8. The third kappa shape index (κ3) is 4.81. The second-order valence-electron chi connectivity index (χ2n) is 8.00. The van der Waals surface area contributed by atoms with Crippen molar-refractivity contribution < 1.29 is 19.0 Å². The molecule has 1 aromatic heterocycles. The number of fused-ring (bicyclic) bond motifs is 1. The molecule has 0 aliphatic carbocycles. The SMILES string of the molecule is COc1cc(-n2c(=O)c3ccccc3n(CC(=O)NCCc3ccccc3)c2=O)cc(OC)c1OC. The van der Waals surface area contributed by atoms with Crippen molar-refractivity contribution in [2.45, 2.75) is 13.0 Å². The van der Waals surface area contributed by atoms with E-state index in [1.54, 1.807) is 24.3 Å². The summed E-state index contributed by atoms with van der Waals surface area (Å²) in [5, 5.41) is 3.15. The smallest absolute Gasteiger partial charge is 0.336 e. The Balaban J connectivity index is 1.75. The Hall–Kier alpha value is -4.53. The lowest BCUT2D eigenvalue weighted by Crippen LogP contribution is -2.42. The fraction of sp³-hybridized carbons (Fsp3) is 0.222. The van der Waals surface area contributed by atoms with Gasteiger partial charge in [-0.2, -0.15) is 0 Å². The molecule has 4 aromatic rings. The molecule has 0 aliphatic rings. The molecule has 0 atom stereocenters. The number of aromatic nitrogens is 2. The molecular formula is C27H27N3O6. The maximum Gasteiger partial charge on any atom is 0.336 e. The van der Waals surface area contributed by atoms with Crippen LogP contribution in [0, 0.1) is 0 Å². The molecule has 1 heterocycles. The van der Waals surface area contributed by atoms with Crippen LogP contribution in [-0.2, 0) is 17.8 Å². The Morgan fingerprint density at radius 3 is 2.14 bits per heavy atom. The van der Waals surface area contributed by atoms with E-state index in [4.69, 9.17) is 14.2 Å². The Morgan fingerprint density at radius 1 is 0.861 bits per heavy atom. The van der Waals surface area contributed by atoms with Gasteiger partial charge in [0, 0.05) is 18.7 Å². The predicted octanol–water partition coefficient (Wildman–Crippen LogP) is 2.54. The predicted molar refractivity (Wildman–Crippen MR) is 137 cm³/mol. The summed E-state index contributed by atoms with van der Waals surface area (Å²) in [5.41, 5.74) is 0.506. The zero-order valence-electron chi connectivity index (χ0n) is 20.3. The van der Waals surface area contributed by atoms with Crippen molar-refractivity contribution in [1.82, 2.24) is 14.5 Å². The van der Waals surface area contributed by atoms with Crippen LogP contribution in [-0.4, -0.2) is 42.9 Å². The first kappa shape index (κ1) is 24.6. The fourth-order valence-electron chi connectivity index (χ4n) is 4.09. The Morgan fingerprint density at radius 2 is 1.50 bits per heavy atom. The molecule has 36 heavy (non-hydrogen) atoms. The van der Waals surface area contributed by atoms with Crippen molar-refractivity contribution in [3.63, 3.8) is 0 Å². The molecule has 9 nitrogen and oxygen atoms in total. The lowest BCUT2D eigenvalue weighted by atomic mass is 10.1. The largest absolute Gasteiger partial charge is 0.493 e. The number of benzene rings is 3. The summed E-state index contributed by atoms with van der Waals surface area (Å²) in [6.45, 7) is 0.168. The van der Waals surface area contributed by atoms with Crippen LogP contribution < -0.4 is 30.8 Å². The number of hydrogen-bond acceptors (Lipinski definition) is 6. The molecular weight excluding hydrogens is 462 g/mol. The van der Waals surface area contributed by atoms with Crippen LogP contribution in [0.3, 0.4) is 0 Å². The van der Waals surface area contributed by atoms with Gasteiger partial charge in [-0.05, 0) is 24.1 Å². The number of nitrogens with zero attached hydrogens (tertiary/aromatic N) is 2. The summed E-state index contributed by atoms with van der Waals surface area (Å²) in [6.07, 6.45) is 0.660. The molecule has 0 fully saturated rings. The van der Waals surface area contributed by atoms with Gasteiger partial charge in [-0.3, -0.25) is 14.2 Å². The van der Waals surface area contributed by atoms with E-state index >= 15 is 0 Å². The lowest BCUT2D eigenvalue weighted by Gasteiger charge is -2.17. The highest BCUT2D eigenvalue weighted by molar-refractivity contribution is 5.82. The third-order valence-electron chi connectivity index (χ3n) is 5.84. The second-order valence-corrected chi connectivity index (χ2v) is 8.00. The van der Waals surface area contributed by atoms with Gasteiger partial charge in [0.1, 0.15) is 6.54 Å². The van der Waals surface area contributed by atoms with Crippen molar-refractivity contribution in [2.24, 2.45) is 0 Å². The van der Waals surface area contributed by atoms with Crippen molar-refractivity contribution in [3.05, 3.63) is 93.1 Å². The van der Waals surface area contributed by atoms with Crippen molar-refractivity contribution in [1.29, 1.82) is 0 Å². The molecule has 186 valence electrons. The highest BCUT2D eigenvalue weighted by Gasteiger charge is 2.20. The molecule has 4 rings (SSSR count). The van der Waals surface area contributed by atoms with Gasteiger partial charge in [0.05, 0.1) is 37.9 Å². The van der Waals surface area contributed by atoms with Crippen molar-refractivity contribution >= 4 is 16.8 Å². The summed E-state index contributed by atoms with van der Waals surface area (Å²) in [6, 6.07) is 19.5. The first-order valence-electron chi connectivity index (χ1n) is 11.3. The van der Waals surface area contributed by atoms with E-state index in [1.165, 1.54) is 38.0 Å². The lowest BCUT2D eigenvalue weighted by molar-refractivity contribution is -0.121. The van der Waals surface area contributed by atoms with E-state index in [1.807, 2.05) is 30.3 Å². The van der Waals surface area contributed by atoms with Gasteiger partial charge in [0.15, 0.2) is 11.5 Å². The number of amides is 1. The van der Waals surface area contributed by atoms with Gasteiger partial charge in [-0.25, -0.2) is 9.36 Å². The summed E-state index contributed by atoms with van der Waals surface area (Å²) in [5.74, 6) is 0.567. The zero-order valence-corrected chi connectivity index (χ0v) is 20.3. The number of nitrogens with one attached hydrogen (secondary N) is 1. The maximum atomic E-state index is 13.6. The third-order valence-corrected chi connectivity index (χ3v) is 5.84. The molecule has 3 aromatic carbocycles. The number of rotatable bonds is 9. The number of ether oxygens (including phenoxy) is 3. The first-order valence-corrected chi connectivity index (χ1v) is 11.3. The summed E-state index contributed by atoms with van der Waals surface area (Å²) in [7, 11) is 4.36. The number of para-hydroxylation sites is 1. The van der Waals surface area contributed by atoms with E-state index in [0.717, 1.165) is 10.1 Å². The minimum atomic E-state index is -0.661. The van der Waals surface area contributed by atoms with Crippen LogP contribution in [0.25, 0.3) is 16.6 Å². The van der Waals surface area contributed by atoms with Crippen LogP contribution in [0.15, 0.2) is 76.3 Å². The Kier molecular flexibility index (Phi) is 7.39. The number of hydrogen-bond donors (Lipinski definition) is 1. The van der Waals surface area contributed by atoms with E-state index in [2.05, 4.69) is 5.32 Å². The molecule has 9 heteroatoms. The van der Waals surface area contributed by atoms with Gasteiger partial charge in [-0.1, -0.05) is 42.5 Å². The molecule has 1 amide bonds. The van der Waals surface area contributed by atoms with E-state index < -0.39 is 11.2 Å². The minimum absolute atomic E-state index is 0.225. The van der Waals surface area contributed by atoms with Gasteiger partial charge in [0.25, 0.3) is 5.56 Å². The Labute approximate surface area is 207 Å². The van der Waals surface area contributed by atoms with Crippen molar-refractivity contribution in [3.8, 4) is 22.9 Å². The van der Waals surface area contributed by atoms with Gasteiger partial charge >= 0.3 is 5.69 Å². The van der Waals surface area contributed by atoms with E-state index in [-0.39, 0.29) is 29.6 Å².